The zero-order valence-electron chi connectivity index (χ0n) is 8.70. The van der Waals surface area contributed by atoms with Crippen LogP contribution in [0.5, 0.6) is 5.75 Å². The Hall–Kier alpha value is -1.51. The van der Waals surface area contributed by atoms with Crippen LogP contribution >= 0.6 is 0 Å². The van der Waals surface area contributed by atoms with E-state index in [0.717, 1.165) is 11.3 Å². The number of carbonyl (C=O) groups is 1. The number of methoxy groups -OCH3 is 1. The molecular weight excluding hydrogens is 178 g/mol. The molecule has 3 nitrogen and oxygen atoms in total. The fraction of sp³-hybridized carbons (Fsp3) is 0.364. The Morgan fingerprint density at radius 1 is 1.29 bits per heavy atom. The van der Waals surface area contributed by atoms with Gasteiger partial charge in [0.2, 0.25) is 6.41 Å². The molecule has 0 unspecified atom stereocenters. The smallest absolute Gasteiger partial charge is 0.207 e. The van der Waals surface area contributed by atoms with E-state index in [0.29, 0.717) is 6.41 Å². The van der Waals surface area contributed by atoms with Crippen molar-refractivity contribution in [3.63, 3.8) is 0 Å². The average Bonchev–Trinajstić information content (AvgIpc) is 2.18. The van der Waals surface area contributed by atoms with E-state index in [1.165, 1.54) is 0 Å². The summed E-state index contributed by atoms with van der Waals surface area (Å²) in [5, 5.41) is 2.75. The molecule has 14 heavy (non-hydrogen) atoms. The summed E-state index contributed by atoms with van der Waals surface area (Å²) in [7, 11) is 1.63. The van der Waals surface area contributed by atoms with Crippen molar-refractivity contribution in [3.05, 3.63) is 29.8 Å². The third-order valence-electron chi connectivity index (χ3n) is 2.23. The summed E-state index contributed by atoms with van der Waals surface area (Å²) >= 11 is 0. The third kappa shape index (κ3) is 2.25. The number of rotatable bonds is 4. The Bertz CT molecular complexity index is 304. The van der Waals surface area contributed by atoms with Crippen molar-refractivity contribution in [2.75, 3.05) is 7.11 Å². The highest BCUT2D eigenvalue weighted by Crippen LogP contribution is 2.21. The second-order valence-corrected chi connectivity index (χ2v) is 3.62. The van der Waals surface area contributed by atoms with Crippen molar-refractivity contribution in [1.29, 1.82) is 0 Å². The van der Waals surface area contributed by atoms with E-state index < -0.39 is 0 Å². The van der Waals surface area contributed by atoms with Crippen LogP contribution in [-0.4, -0.2) is 13.5 Å². The van der Waals surface area contributed by atoms with Gasteiger partial charge in [0.25, 0.3) is 0 Å². The maximum atomic E-state index is 10.4. The van der Waals surface area contributed by atoms with E-state index in [4.69, 9.17) is 4.74 Å². The van der Waals surface area contributed by atoms with Crippen LogP contribution in [0.3, 0.4) is 0 Å². The molecule has 0 radical (unpaired) electrons. The molecule has 0 saturated heterocycles. The Morgan fingerprint density at radius 3 is 2.29 bits per heavy atom. The molecule has 0 aliphatic carbocycles. The maximum Gasteiger partial charge on any atom is 0.207 e. The minimum absolute atomic E-state index is 0.339. The summed E-state index contributed by atoms with van der Waals surface area (Å²) in [6.45, 7) is 3.90. The monoisotopic (exact) mass is 193 g/mol. The van der Waals surface area contributed by atoms with Crippen molar-refractivity contribution >= 4 is 6.41 Å². The molecule has 0 bridgehead atoms. The van der Waals surface area contributed by atoms with Crippen LogP contribution in [0.25, 0.3) is 0 Å². The van der Waals surface area contributed by atoms with E-state index in [1.54, 1.807) is 7.11 Å². The molecule has 1 rings (SSSR count). The van der Waals surface area contributed by atoms with E-state index in [2.05, 4.69) is 5.32 Å². The molecule has 1 aromatic rings. The lowest BCUT2D eigenvalue weighted by atomic mass is 9.95. The predicted octanol–water partition coefficient (Wildman–Crippen LogP) is 1.68. The number of hydrogen-bond donors (Lipinski definition) is 1. The lowest BCUT2D eigenvalue weighted by Gasteiger charge is -2.24. The third-order valence-corrected chi connectivity index (χ3v) is 2.23. The molecule has 0 aromatic heterocycles. The molecule has 3 heteroatoms. The van der Waals surface area contributed by atoms with Crippen LogP contribution in [-0.2, 0) is 10.3 Å². The molecule has 76 valence electrons. The zero-order valence-corrected chi connectivity index (χ0v) is 8.70. The van der Waals surface area contributed by atoms with Crippen molar-refractivity contribution in [3.8, 4) is 5.75 Å². The number of hydrogen-bond acceptors (Lipinski definition) is 2. The minimum Gasteiger partial charge on any atom is -0.497 e. The van der Waals surface area contributed by atoms with Gasteiger partial charge in [0.05, 0.1) is 12.6 Å². The van der Waals surface area contributed by atoms with Gasteiger partial charge < -0.3 is 10.1 Å². The quantitative estimate of drug-likeness (QED) is 0.739. The van der Waals surface area contributed by atoms with Crippen LogP contribution in [0.4, 0.5) is 0 Å². The standard InChI is InChI=1S/C11H15NO2/c1-11(2,12-8-13)9-4-6-10(14-3)7-5-9/h4-8H,1-3H3,(H,12,13). The van der Waals surface area contributed by atoms with Crippen LogP contribution in [0, 0.1) is 0 Å². The van der Waals surface area contributed by atoms with Crippen LogP contribution < -0.4 is 10.1 Å². The fourth-order valence-electron chi connectivity index (χ4n) is 1.24. The summed E-state index contributed by atoms with van der Waals surface area (Å²) in [6, 6.07) is 7.64. The Morgan fingerprint density at radius 2 is 1.86 bits per heavy atom. The number of benzene rings is 1. The summed E-state index contributed by atoms with van der Waals surface area (Å²) in [6.07, 6.45) is 0.713. The Labute approximate surface area is 84.1 Å². The molecule has 0 aliphatic rings. The Balaban J connectivity index is 2.90. The number of carbonyl (C=O) groups excluding carboxylic acids is 1. The first kappa shape index (κ1) is 10.6. The van der Waals surface area contributed by atoms with Crippen molar-refractivity contribution in [2.24, 2.45) is 0 Å². The molecule has 0 heterocycles. The minimum atomic E-state index is -0.339. The summed E-state index contributed by atoms with van der Waals surface area (Å²) in [4.78, 5) is 10.4. The van der Waals surface area contributed by atoms with Gasteiger partial charge in [0.15, 0.2) is 0 Å². The second-order valence-electron chi connectivity index (χ2n) is 3.62. The summed E-state index contributed by atoms with van der Waals surface area (Å²) in [5.41, 5.74) is 0.707. The fourth-order valence-corrected chi connectivity index (χ4v) is 1.24. The van der Waals surface area contributed by atoms with Gasteiger partial charge in [0.1, 0.15) is 5.75 Å². The van der Waals surface area contributed by atoms with Gasteiger partial charge in [-0.3, -0.25) is 4.79 Å². The van der Waals surface area contributed by atoms with Crippen molar-refractivity contribution in [2.45, 2.75) is 19.4 Å². The van der Waals surface area contributed by atoms with Crippen LogP contribution in [0.15, 0.2) is 24.3 Å². The zero-order chi connectivity index (χ0) is 10.6. The predicted molar refractivity (Wildman–Crippen MR) is 55.2 cm³/mol. The highest BCUT2D eigenvalue weighted by Gasteiger charge is 2.18. The summed E-state index contributed by atoms with van der Waals surface area (Å²) in [5.74, 6) is 0.815. The first-order valence-corrected chi connectivity index (χ1v) is 4.46. The molecule has 1 aromatic carbocycles. The normalized spacial score (nSPS) is 10.8. The molecular formula is C11H15NO2. The highest BCUT2D eigenvalue weighted by atomic mass is 16.5. The van der Waals surface area contributed by atoms with Gasteiger partial charge in [-0.1, -0.05) is 12.1 Å². The van der Waals surface area contributed by atoms with Gasteiger partial charge in [-0.2, -0.15) is 0 Å². The van der Waals surface area contributed by atoms with Crippen LogP contribution in [0.1, 0.15) is 19.4 Å². The van der Waals surface area contributed by atoms with E-state index in [-0.39, 0.29) is 5.54 Å². The molecule has 0 fully saturated rings. The lowest BCUT2D eigenvalue weighted by molar-refractivity contribution is -0.111. The molecule has 0 atom stereocenters. The van der Waals surface area contributed by atoms with E-state index in [1.807, 2.05) is 38.1 Å². The van der Waals surface area contributed by atoms with Gasteiger partial charge in [-0.25, -0.2) is 0 Å². The Kier molecular flexibility index (Phi) is 3.12. The SMILES string of the molecule is COc1ccc(C(C)(C)NC=O)cc1. The molecule has 1 N–H and O–H groups in total. The molecule has 0 saturated carbocycles. The maximum absolute atomic E-state index is 10.4. The van der Waals surface area contributed by atoms with Crippen molar-refractivity contribution in [1.82, 2.24) is 5.32 Å². The number of ether oxygens (including phenoxy) is 1. The highest BCUT2D eigenvalue weighted by molar-refractivity contribution is 5.49. The van der Waals surface area contributed by atoms with Gasteiger partial charge in [0, 0.05) is 0 Å². The second kappa shape index (κ2) is 4.13. The van der Waals surface area contributed by atoms with Gasteiger partial charge >= 0.3 is 0 Å². The molecule has 1 amide bonds. The number of nitrogens with one attached hydrogen (secondary N) is 1. The number of amides is 1. The van der Waals surface area contributed by atoms with Gasteiger partial charge in [-0.15, -0.1) is 0 Å². The van der Waals surface area contributed by atoms with Crippen molar-refractivity contribution < 1.29 is 9.53 Å². The largest absolute Gasteiger partial charge is 0.497 e. The van der Waals surface area contributed by atoms with Crippen LogP contribution in [0.2, 0.25) is 0 Å². The average molecular weight is 193 g/mol. The first-order valence-electron chi connectivity index (χ1n) is 4.46. The summed E-state index contributed by atoms with van der Waals surface area (Å²) < 4.78 is 5.05. The van der Waals surface area contributed by atoms with Gasteiger partial charge in [-0.05, 0) is 31.5 Å². The first-order chi connectivity index (χ1) is 6.60. The van der Waals surface area contributed by atoms with E-state index >= 15 is 0 Å². The molecule has 0 aliphatic heterocycles. The van der Waals surface area contributed by atoms with E-state index in [9.17, 15) is 4.79 Å². The topological polar surface area (TPSA) is 38.3 Å². The molecule has 0 spiro atoms. The lowest BCUT2D eigenvalue weighted by Crippen LogP contribution is -2.35.